The number of nitrogens with one attached hydrogen (secondary N) is 1. The van der Waals surface area contributed by atoms with E-state index in [-0.39, 0.29) is 16.1 Å². The van der Waals surface area contributed by atoms with Gasteiger partial charge in [0.15, 0.2) is 0 Å². The van der Waals surface area contributed by atoms with Crippen LogP contribution in [0.2, 0.25) is 0 Å². The summed E-state index contributed by atoms with van der Waals surface area (Å²) in [4.78, 5) is 11.4. The Morgan fingerprint density at radius 3 is 2.50 bits per heavy atom. The minimum absolute atomic E-state index is 0.0273. The second-order valence-corrected chi connectivity index (χ2v) is 6.85. The van der Waals surface area contributed by atoms with Gasteiger partial charge in [-0.15, -0.1) is 0 Å². The summed E-state index contributed by atoms with van der Waals surface area (Å²) in [6.45, 7) is 0. The van der Waals surface area contributed by atoms with Crippen molar-refractivity contribution < 1.29 is 17.9 Å². The SMILES string of the molecule is COc1ccc(S(=O)(=O)Nc2ccccc2C(N)=O)cc1Br. The lowest BCUT2D eigenvalue weighted by Crippen LogP contribution is -2.18. The normalized spacial score (nSPS) is 11.0. The molecular weight excluding hydrogens is 372 g/mol. The molecule has 0 atom stereocenters. The molecule has 1 amide bonds. The molecule has 22 heavy (non-hydrogen) atoms. The number of hydrogen-bond acceptors (Lipinski definition) is 4. The summed E-state index contributed by atoms with van der Waals surface area (Å²) in [5.74, 6) is -0.203. The van der Waals surface area contributed by atoms with Crippen molar-refractivity contribution in [3.63, 3.8) is 0 Å². The van der Waals surface area contributed by atoms with E-state index in [9.17, 15) is 13.2 Å². The molecule has 2 aromatic rings. The molecule has 6 nitrogen and oxygen atoms in total. The van der Waals surface area contributed by atoms with E-state index in [4.69, 9.17) is 10.5 Å². The number of benzene rings is 2. The number of anilines is 1. The van der Waals surface area contributed by atoms with E-state index in [2.05, 4.69) is 20.7 Å². The fourth-order valence-corrected chi connectivity index (χ4v) is 3.60. The van der Waals surface area contributed by atoms with Crippen LogP contribution in [0.15, 0.2) is 51.8 Å². The number of sulfonamides is 1. The zero-order valence-corrected chi connectivity index (χ0v) is 13.9. The number of carbonyl (C=O) groups excluding carboxylic acids is 1. The summed E-state index contributed by atoms with van der Waals surface area (Å²) in [6, 6.07) is 10.5. The molecule has 0 fully saturated rings. The van der Waals surface area contributed by atoms with Crippen LogP contribution in [0.3, 0.4) is 0 Å². The number of primary amides is 1. The van der Waals surface area contributed by atoms with Gasteiger partial charge < -0.3 is 10.5 Å². The lowest BCUT2D eigenvalue weighted by molar-refractivity contribution is 0.100. The van der Waals surface area contributed by atoms with Crippen molar-refractivity contribution >= 4 is 37.5 Å². The van der Waals surface area contributed by atoms with E-state index in [1.54, 1.807) is 12.1 Å². The molecule has 0 radical (unpaired) electrons. The number of ether oxygens (including phenoxy) is 1. The largest absolute Gasteiger partial charge is 0.496 e. The molecule has 0 aliphatic carbocycles. The maximum Gasteiger partial charge on any atom is 0.261 e. The van der Waals surface area contributed by atoms with E-state index in [1.807, 2.05) is 0 Å². The van der Waals surface area contributed by atoms with Gasteiger partial charge in [-0.3, -0.25) is 9.52 Å². The second kappa shape index (κ2) is 6.37. The Kier molecular flexibility index (Phi) is 4.72. The van der Waals surface area contributed by atoms with Crippen LogP contribution in [0.5, 0.6) is 5.75 Å². The van der Waals surface area contributed by atoms with Crippen molar-refractivity contribution in [1.82, 2.24) is 0 Å². The van der Waals surface area contributed by atoms with Crippen molar-refractivity contribution in [2.45, 2.75) is 4.90 Å². The minimum Gasteiger partial charge on any atom is -0.496 e. The second-order valence-electron chi connectivity index (χ2n) is 4.31. The molecule has 0 saturated carbocycles. The molecule has 0 aromatic heterocycles. The number of carbonyl (C=O) groups is 1. The molecule has 116 valence electrons. The third-order valence-corrected chi connectivity index (χ3v) is 4.85. The predicted octanol–water partition coefficient (Wildman–Crippen LogP) is 2.36. The number of hydrogen-bond donors (Lipinski definition) is 2. The van der Waals surface area contributed by atoms with E-state index in [1.165, 1.54) is 37.4 Å². The highest BCUT2D eigenvalue weighted by Gasteiger charge is 2.18. The Labute approximate surface area is 136 Å². The monoisotopic (exact) mass is 384 g/mol. The zero-order chi connectivity index (χ0) is 16.3. The standard InChI is InChI=1S/C14H13BrN2O4S/c1-21-13-7-6-9(8-11(13)15)22(19,20)17-12-5-3-2-4-10(12)14(16)18/h2-8,17H,1H3,(H2,16,18). The maximum absolute atomic E-state index is 12.4. The smallest absolute Gasteiger partial charge is 0.261 e. The van der Waals surface area contributed by atoms with Crippen molar-refractivity contribution in [3.05, 3.63) is 52.5 Å². The summed E-state index contributed by atoms with van der Waals surface area (Å²) in [5, 5.41) is 0. The molecule has 3 N–H and O–H groups in total. The maximum atomic E-state index is 12.4. The average Bonchev–Trinajstić information content (AvgIpc) is 2.47. The molecule has 0 aliphatic heterocycles. The number of halogens is 1. The molecule has 2 rings (SSSR count). The molecule has 0 bridgehead atoms. The Morgan fingerprint density at radius 1 is 1.23 bits per heavy atom. The van der Waals surface area contributed by atoms with Crippen molar-refractivity contribution in [2.24, 2.45) is 5.73 Å². The number of rotatable bonds is 5. The van der Waals surface area contributed by atoms with Crippen molar-refractivity contribution in [1.29, 1.82) is 0 Å². The van der Waals surface area contributed by atoms with E-state index in [0.717, 1.165) is 0 Å². The lowest BCUT2D eigenvalue weighted by Gasteiger charge is -2.12. The van der Waals surface area contributed by atoms with Crippen molar-refractivity contribution in [3.8, 4) is 5.75 Å². The molecule has 0 saturated heterocycles. The third kappa shape index (κ3) is 3.40. The van der Waals surface area contributed by atoms with Crippen LogP contribution >= 0.6 is 15.9 Å². The summed E-state index contributed by atoms with van der Waals surface area (Å²) in [5.41, 5.74) is 5.46. The highest BCUT2D eigenvalue weighted by atomic mass is 79.9. The molecule has 8 heteroatoms. The Balaban J connectivity index is 2.40. The molecule has 0 aliphatic rings. The lowest BCUT2D eigenvalue weighted by atomic mass is 10.2. The van der Waals surface area contributed by atoms with Gasteiger partial charge >= 0.3 is 0 Å². The molecular formula is C14H13BrN2O4S. The topological polar surface area (TPSA) is 98.5 Å². The predicted molar refractivity (Wildman–Crippen MR) is 86.5 cm³/mol. The summed E-state index contributed by atoms with van der Waals surface area (Å²) in [7, 11) is -2.38. The highest BCUT2D eigenvalue weighted by Crippen LogP contribution is 2.28. The first kappa shape index (κ1) is 16.3. The van der Waals surface area contributed by atoms with Gasteiger partial charge in [0, 0.05) is 0 Å². The van der Waals surface area contributed by atoms with Crippen LogP contribution in [0, 0.1) is 0 Å². The summed E-state index contributed by atoms with van der Waals surface area (Å²) < 4.78 is 32.7. The van der Waals surface area contributed by atoms with Gasteiger partial charge in [0.25, 0.3) is 15.9 Å². The number of amides is 1. The average molecular weight is 385 g/mol. The van der Waals surface area contributed by atoms with Crippen LogP contribution in [-0.4, -0.2) is 21.4 Å². The van der Waals surface area contributed by atoms with Crippen LogP contribution < -0.4 is 15.2 Å². The molecule has 0 heterocycles. The summed E-state index contributed by atoms with van der Waals surface area (Å²) >= 11 is 3.23. The van der Waals surface area contributed by atoms with Crippen LogP contribution in [0.4, 0.5) is 5.69 Å². The fraction of sp³-hybridized carbons (Fsp3) is 0.0714. The van der Waals surface area contributed by atoms with E-state index >= 15 is 0 Å². The molecule has 0 unspecified atom stereocenters. The zero-order valence-electron chi connectivity index (χ0n) is 11.5. The van der Waals surface area contributed by atoms with E-state index < -0.39 is 15.9 Å². The quantitative estimate of drug-likeness (QED) is 0.826. The minimum atomic E-state index is -3.86. The Bertz CT molecular complexity index is 821. The molecule has 2 aromatic carbocycles. The van der Waals surface area contributed by atoms with Gasteiger partial charge in [0.05, 0.1) is 27.7 Å². The van der Waals surface area contributed by atoms with Crippen molar-refractivity contribution in [2.75, 3.05) is 11.8 Å². The van der Waals surface area contributed by atoms with Gasteiger partial charge in [-0.2, -0.15) is 0 Å². The number of methoxy groups -OCH3 is 1. The van der Waals surface area contributed by atoms with Crippen LogP contribution in [0.1, 0.15) is 10.4 Å². The van der Waals surface area contributed by atoms with Gasteiger partial charge in [-0.05, 0) is 46.3 Å². The van der Waals surface area contributed by atoms with Gasteiger partial charge in [0.1, 0.15) is 5.75 Å². The fourth-order valence-electron chi connectivity index (χ4n) is 1.80. The van der Waals surface area contributed by atoms with Gasteiger partial charge in [-0.25, -0.2) is 8.42 Å². The van der Waals surface area contributed by atoms with Gasteiger partial charge in [-0.1, -0.05) is 12.1 Å². The highest BCUT2D eigenvalue weighted by molar-refractivity contribution is 9.10. The first-order valence-corrected chi connectivity index (χ1v) is 8.38. The first-order valence-electron chi connectivity index (χ1n) is 6.10. The first-order chi connectivity index (χ1) is 10.3. The van der Waals surface area contributed by atoms with Gasteiger partial charge in [0.2, 0.25) is 0 Å². The molecule has 0 spiro atoms. The van der Waals surface area contributed by atoms with Crippen LogP contribution in [-0.2, 0) is 10.0 Å². The number of para-hydroxylation sites is 1. The Hall–Kier alpha value is -2.06. The Morgan fingerprint density at radius 2 is 1.91 bits per heavy atom. The summed E-state index contributed by atoms with van der Waals surface area (Å²) in [6.07, 6.45) is 0. The number of nitrogens with two attached hydrogens (primary N) is 1. The third-order valence-electron chi connectivity index (χ3n) is 2.87. The van der Waals surface area contributed by atoms with E-state index in [0.29, 0.717) is 10.2 Å². The van der Waals surface area contributed by atoms with Crippen LogP contribution in [0.25, 0.3) is 0 Å².